The molecule has 2 amide bonds. The third kappa shape index (κ3) is 9.20. The van der Waals surface area contributed by atoms with E-state index in [0.29, 0.717) is 32.1 Å². The van der Waals surface area contributed by atoms with Crippen LogP contribution in [-0.2, 0) is 20.8 Å². The second kappa shape index (κ2) is 12.5. The summed E-state index contributed by atoms with van der Waals surface area (Å²) in [5.74, 6) is -1.06. The van der Waals surface area contributed by atoms with Gasteiger partial charge in [-0.2, -0.15) is 0 Å². The average Bonchev–Trinajstić information content (AvgIpc) is 2.68. The maximum atomic E-state index is 12.6. The molecule has 0 spiro atoms. The van der Waals surface area contributed by atoms with Crippen LogP contribution >= 0.6 is 0 Å². The Morgan fingerprint density at radius 2 is 1.76 bits per heavy atom. The molecule has 0 radical (unpaired) electrons. The lowest BCUT2D eigenvalue weighted by atomic mass is 10.0. The molecule has 9 nitrogen and oxygen atoms in total. The molecule has 0 aliphatic carbocycles. The fourth-order valence-corrected chi connectivity index (χ4v) is 2.72. The van der Waals surface area contributed by atoms with Crippen molar-refractivity contribution in [2.24, 2.45) is 28.1 Å². The van der Waals surface area contributed by atoms with E-state index in [1.54, 1.807) is 0 Å². The number of carbonyl (C=O) groups is 3. The molecule has 1 aromatic carbocycles. The summed E-state index contributed by atoms with van der Waals surface area (Å²) < 4.78 is 0. The number of benzene rings is 1. The molecule has 1 aromatic rings. The van der Waals surface area contributed by atoms with Gasteiger partial charge in [-0.05, 0) is 30.7 Å². The van der Waals surface area contributed by atoms with Crippen LogP contribution in [0.1, 0.15) is 32.3 Å². The molecule has 1 rings (SSSR count). The van der Waals surface area contributed by atoms with E-state index in [9.17, 15) is 14.4 Å². The highest BCUT2D eigenvalue weighted by Crippen LogP contribution is 2.06. The molecule has 3 unspecified atom stereocenters. The van der Waals surface area contributed by atoms with Crippen molar-refractivity contribution in [3.8, 4) is 0 Å². The molecule has 0 fully saturated rings. The number of aldehydes is 1. The number of carbonyl (C=O) groups excluding carboxylic acids is 3. The molecular formula is C20H32N6O3. The van der Waals surface area contributed by atoms with E-state index in [0.717, 1.165) is 5.56 Å². The summed E-state index contributed by atoms with van der Waals surface area (Å²) in [6.07, 6.45) is 1.94. The summed E-state index contributed by atoms with van der Waals surface area (Å²) in [6.45, 7) is 3.98. The Morgan fingerprint density at radius 1 is 1.10 bits per heavy atom. The van der Waals surface area contributed by atoms with Gasteiger partial charge >= 0.3 is 0 Å². The van der Waals surface area contributed by atoms with Crippen LogP contribution in [0.15, 0.2) is 35.3 Å². The average molecular weight is 405 g/mol. The van der Waals surface area contributed by atoms with Crippen molar-refractivity contribution in [1.29, 1.82) is 0 Å². The highest BCUT2D eigenvalue weighted by atomic mass is 16.2. The second-order valence-electron chi connectivity index (χ2n) is 7.23. The maximum absolute atomic E-state index is 12.6. The normalized spacial score (nSPS) is 13.8. The highest BCUT2D eigenvalue weighted by Gasteiger charge is 2.27. The van der Waals surface area contributed by atoms with Gasteiger partial charge in [0.25, 0.3) is 0 Å². The summed E-state index contributed by atoms with van der Waals surface area (Å²) >= 11 is 0. The van der Waals surface area contributed by atoms with Crippen molar-refractivity contribution in [3.05, 3.63) is 35.9 Å². The number of rotatable bonds is 12. The minimum atomic E-state index is -0.801. The van der Waals surface area contributed by atoms with Gasteiger partial charge in [0.05, 0.1) is 12.1 Å². The Morgan fingerprint density at radius 3 is 2.31 bits per heavy atom. The molecule has 0 heterocycles. The van der Waals surface area contributed by atoms with Gasteiger partial charge in [-0.25, -0.2) is 0 Å². The third-order valence-electron chi connectivity index (χ3n) is 4.34. The monoisotopic (exact) mass is 404 g/mol. The van der Waals surface area contributed by atoms with Crippen LogP contribution in [0.25, 0.3) is 0 Å². The molecule has 0 saturated carbocycles. The van der Waals surface area contributed by atoms with E-state index in [4.69, 9.17) is 17.2 Å². The van der Waals surface area contributed by atoms with Crippen LogP contribution in [0.5, 0.6) is 0 Å². The molecule has 29 heavy (non-hydrogen) atoms. The van der Waals surface area contributed by atoms with Crippen LogP contribution < -0.4 is 27.8 Å². The zero-order valence-electron chi connectivity index (χ0n) is 17.0. The second-order valence-corrected chi connectivity index (χ2v) is 7.23. The number of hydrogen-bond donors (Lipinski definition) is 5. The van der Waals surface area contributed by atoms with Gasteiger partial charge in [-0.1, -0.05) is 44.2 Å². The molecular weight excluding hydrogens is 372 g/mol. The lowest BCUT2D eigenvalue weighted by Crippen LogP contribution is -2.55. The summed E-state index contributed by atoms with van der Waals surface area (Å²) in [4.78, 5) is 40.2. The number of aliphatic imine (C=N–C) groups is 1. The SMILES string of the molecule is CC(C)C(NC(=O)C(N)Cc1ccccc1)C(=O)NC(C=O)CCCN=C(N)N. The minimum absolute atomic E-state index is 0.0221. The van der Waals surface area contributed by atoms with Crippen LogP contribution in [0.2, 0.25) is 0 Å². The van der Waals surface area contributed by atoms with E-state index < -0.39 is 29.9 Å². The number of guanidine groups is 1. The van der Waals surface area contributed by atoms with Crippen LogP contribution in [0, 0.1) is 5.92 Å². The van der Waals surface area contributed by atoms with Crippen molar-refractivity contribution in [2.45, 2.75) is 51.2 Å². The largest absolute Gasteiger partial charge is 0.370 e. The number of nitrogens with two attached hydrogens (primary N) is 3. The smallest absolute Gasteiger partial charge is 0.243 e. The van der Waals surface area contributed by atoms with E-state index >= 15 is 0 Å². The first-order valence-corrected chi connectivity index (χ1v) is 9.65. The fraction of sp³-hybridized carbons (Fsp3) is 0.500. The topological polar surface area (TPSA) is 166 Å². The summed E-state index contributed by atoms with van der Waals surface area (Å²) in [6, 6.07) is 7.13. The summed E-state index contributed by atoms with van der Waals surface area (Å²) in [7, 11) is 0. The van der Waals surface area contributed by atoms with E-state index in [1.807, 2.05) is 44.2 Å². The molecule has 160 valence electrons. The van der Waals surface area contributed by atoms with Gasteiger partial charge in [0.2, 0.25) is 11.8 Å². The lowest BCUT2D eigenvalue weighted by Gasteiger charge is -2.25. The Kier molecular flexibility index (Phi) is 10.4. The van der Waals surface area contributed by atoms with E-state index in [-0.39, 0.29) is 11.9 Å². The molecule has 0 bridgehead atoms. The van der Waals surface area contributed by atoms with E-state index in [2.05, 4.69) is 15.6 Å². The van der Waals surface area contributed by atoms with Crippen molar-refractivity contribution in [3.63, 3.8) is 0 Å². The van der Waals surface area contributed by atoms with Crippen LogP contribution in [0.3, 0.4) is 0 Å². The maximum Gasteiger partial charge on any atom is 0.243 e. The number of hydrogen-bond acceptors (Lipinski definition) is 5. The summed E-state index contributed by atoms with van der Waals surface area (Å²) in [5.41, 5.74) is 17.4. The first kappa shape index (κ1) is 24.1. The summed E-state index contributed by atoms with van der Waals surface area (Å²) in [5, 5.41) is 5.36. The van der Waals surface area contributed by atoms with Gasteiger partial charge < -0.3 is 32.6 Å². The Labute approximate surface area is 171 Å². The minimum Gasteiger partial charge on any atom is -0.370 e. The molecule has 0 aliphatic heterocycles. The predicted octanol–water partition coefficient (Wildman–Crippen LogP) is -0.565. The van der Waals surface area contributed by atoms with Gasteiger partial charge in [0.1, 0.15) is 12.3 Å². The number of amides is 2. The molecule has 0 aromatic heterocycles. The van der Waals surface area contributed by atoms with Crippen molar-refractivity contribution >= 4 is 24.1 Å². The van der Waals surface area contributed by atoms with Gasteiger partial charge in [0, 0.05) is 6.54 Å². The molecule has 9 heteroatoms. The standard InChI is InChI=1S/C20H32N6O3/c1-13(2)17(19(29)25-15(12-27)9-6-10-24-20(22)23)26-18(28)16(21)11-14-7-4-3-5-8-14/h3-5,7-8,12-13,15-17H,6,9-11,21H2,1-2H3,(H,25,29)(H,26,28)(H4,22,23,24). The van der Waals surface area contributed by atoms with Crippen LogP contribution in [0.4, 0.5) is 0 Å². The lowest BCUT2D eigenvalue weighted by molar-refractivity contribution is -0.131. The van der Waals surface area contributed by atoms with Crippen LogP contribution in [-0.4, -0.2) is 48.7 Å². The Balaban J connectivity index is 2.62. The number of nitrogens with zero attached hydrogens (tertiary/aromatic N) is 1. The van der Waals surface area contributed by atoms with Gasteiger partial charge in [-0.15, -0.1) is 0 Å². The first-order chi connectivity index (χ1) is 13.7. The third-order valence-corrected chi connectivity index (χ3v) is 4.34. The Bertz CT molecular complexity index is 689. The van der Waals surface area contributed by atoms with Crippen molar-refractivity contribution in [2.75, 3.05) is 6.54 Å². The van der Waals surface area contributed by atoms with Crippen molar-refractivity contribution < 1.29 is 14.4 Å². The van der Waals surface area contributed by atoms with Crippen molar-refractivity contribution in [1.82, 2.24) is 10.6 Å². The van der Waals surface area contributed by atoms with Gasteiger partial charge in [-0.3, -0.25) is 14.6 Å². The van der Waals surface area contributed by atoms with Gasteiger partial charge in [0.15, 0.2) is 5.96 Å². The quantitative estimate of drug-likeness (QED) is 0.135. The highest BCUT2D eigenvalue weighted by molar-refractivity contribution is 5.91. The molecule has 0 aliphatic rings. The molecule has 3 atom stereocenters. The van der Waals surface area contributed by atoms with E-state index in [1.165, 1.54) is 0 Å². The molecule has 8 N–H and O–H groups in total. The fourth-order valence-electron chi connectivity index (χ4n) is 2.72. The zero-order valence-corrected chi connectivity index (χ0v) is 17.0. The first-order valence-electron chi connectivity index (χ1n) is 9.65. The number of nitrogens with one attached hydrogen (secondary N) is 2. The molecule has 0 saturated heterocycles. The zero-order chi connectivity index (χ0) is 21.8. The Hall–Kier alpha value is -2.94. The predicted molar refractivity (Wildman–Crippen MR) is 113 cm³/mol.